The van der Waals surface area contributed by atoms with Gasteiger partial charge in [-0.05, 0) is 43.7 Å². The van der Waals surface area contributed by atoms with E-state index in [2.05, 4.69) is 20.6 Å². The Labute approximate surface area is 161 Å². The van der Waals surface area contributed by atoms with Gasteiger partial charge in [-0.2, -0.15) is 0 Å². The number of aliphatic hydroxyl groups is 1. The number of carbonyl (C=O) groups excluding carboxylic acids is 1. The van der Waals surface area contributed by atoms with Crippen LogP contribution >= 0.6 is 11.3 Å². The highest BCUT2D eigenvalue weighted by Crippen LogP contribution is 2.42. The predicted octanol–water partition coefficient (Wildman–Crippen LogP) is 2.89. The number of carbonyl (C=O) groups is 1. The fraction of sp³-hybridized carbons (Fsp3) is 0.450. The number of hydrogen-bond donors (Lipinski definition) is 1. The van der Waals surface area contributed by atoms with Crippen LogP contribution in [-0.4, -0.2) is 49.6 Å². The summed E-state index contributed by atoms with van der Waals surface area (Å²) >= 11 is 1.51. The Morgan fingerprint density at radius 1 is 1.22 bits per heavy atom. The third-order valence-electron chi connectivity index (χ3n) is 6.07. The second-order valence-electron chi connectivity index (χ2n) is 7.73. The van der Waals surface area contributed by atoms with Crippen molar-refractivity contribution in [2.45, 2.75) is 31.9 Å². The van der Waals surface area contributed by atoms with Gasteiger partial charge in [0.1, 0.15) is 5.69 Å². The molecule has 1 saturated heterocycles. The van der Waals surface area contributed by atoms with Gasteiger partial charge in [0, 0.05) is 18.5 Å². The Hall–Kier alpha value is -2.25. The Kier molecular flexibility index (Phi) is 4.02. The zero-order valence-corrected chi connectivity index (χ0v) is 16.0. The lowest BCUT2D eigenvalue weighted by molar-refractivity contribution is 0.0374. The van der Waals surface area contributed by atoms with E-state index in [0.29, 0.717) is 24.1 Å². The minimum Gasteiger partial charge on any atom is -0.391 e. The largest absolute Gasteiger partial charge is 0.391 e. The van der Waals surface area contributed by atoms with Gasteiger partial charge in [0.15, 0.2) is 0 Å². The first-order chi connectivity index (χ1) is 13.1. The predicted molar refractivity (Wildman–Crippen MR) is 104 cm³/mol. The molecule has 0 radical (unpaired) electrons. The van der Waals surface area contributed by atoms with Crippen molar-refractivity contribution in [2.24, 2.45) is 11.8 Å². The molecule has 2 fully saturated rings. The highest BCUT2D eigenvalue weighted by Gasteiger charge is 2.44. The fourth-order valence-electron chi connectivity index (χ4n) is 4.74. The summed E-state index contributed by atoms with van der Waals surface area (Å²) in [5.41, 5.74) is 2.56. The maximum absolute atomic E-state index is 12.8. The van der Waals surface area contributed by atoms with E-state index < -0.39 is 6.10 Å². The zero-order valence-electron chi connectivity index (χ0n) is 15.2. The average Bonchev–Trinajstić information content (AvgIpc) is 3.38. The van der Waals surface area contributed by atoms with Crippen LogP contribution in [0.5, 0.6) is 0 Å². The number of benzene rings is 1. The summed E-state index contributed by atoms with van der Waals surface area (Å²) in [6.45, 7) is 3.38. The number of imidazole rings is 1. The van der Waals surface area contributed by atoms with Crippen LogP contribution in [0.1, 0.15) is 34.4 Å². The van der Waals surface area contributed by atoms with Gasteiger partial charge >= 0.3 is 0 Å². The smallest absolute Gasteiger partial charge is 0.273 e. The highest BCUT2D eigenvalue weighted by atomic mass is 32.1. The second-order valence-corrected chi connectivity index (χ2v) is 8.79. The summed E-state index contributed by atoms with van der Waals surface area (Å²) in [5, 5.41) is 13.6. The van der Waals surface area contributed by atoms with Crippen molar-refractivity contribution in [1.82, 2.24) is 19.4 Å². The number of aryl methyl sites for hydroxylation is 1. The molecule has 2 aromatic heterocycles. The average molecular weight is 382 g/mol. The molecule has 6 nitrogen and oxygen atoms in total. The SMILES string of the molecule is Cc1nc(C(=O)N2C[C@H]3C[C@@H](n4cnc5ccccc54)[C@H](O)C[C@H]3C2)cs1. The lowest BCUT2D eigenvalue weighted by Gasteiger charge is -2.36. The molecular weight excluding hydrogens is 360 g/mol. The highest BCUT2D eigenvalue weighted by molar-refractivity contribution is 7.09. The lowest BCUT2D eigenvalue weighted by atomic mass is 9.77. The monoisotopic (exact) mass is 382 g/mol. The molecule has 7 heteroatoms. The maximum Gasteiger partial charge on any atom is 0.273 e. The summed E-state index contributed by atoms with van der Waals surface area (Å²) in [6.07, 6.45) is 3.02. The molecule has 1 amide bonds. The van der Waals surface area contributed by atoms with Crippen LogP contribution < -0.4 is 0 Å². The molecule has 2 aliphatic rings. The van der Waals surface area contributed by atoms with Crippen molar-refractivity contribution < 1.29 is 9.90 Å². The van der Waals surface area contributed by atoms with Gasteiger partial charge in [0.05, 0.1) is 34.5 Å². The molecule has 1 aliphatic heterocycles. The Morgan fingerprint density at radius 2 is 2.00 bits per heavy atom. The number of aromatic nitrogens is 3. The van der Waals surface area contributed by atoms with Crippen molar-refractivity contribution >= 4 is 28.3 Å². The number of amides is 1. The molecule has 0 unspecified atom stereocenters. The minimum absolute atomic E-state index is 0.00946. The van der Waals surface area contributed by atoms with Crippen LogP contribution in [0.3, 0.4) is 0 Å². The van der Waals surface area contributed by atoms with E-state index in [1.807, 2.05) is 41.7 Å². The van der Waals surface area contributed by atoms with Crippen LogP contribution in [0.25, 0.3) is 11.0 Å². The summed E-state index contributed by atoms with van der Waals surface area (Å²) < 4.78 is 2.12. The van der Waals surface area contributed by atoms with Crippen molar-refractivity contribution in [3.8, 4) is 0 Å². The number of para-hydroxylation sites is 2. The molecule has 1 saturated carbocycles. The summed E-state index contributed by atoms with van der Waals surface area (Å²) in [7, 11) is 0. The molecule has 27 heavy (non-hydrogen) atoms. The number of nitrogens with zero attached hydrogens (tertiary/aromatic N) is 4. The van der Waals surface area contributed by atoms with Crippen LogP contribution in [0.4, 0.5) is 0 Å². The van der Waals surface area contributed by atoms with E-state index in [1.54, 1.807) is 0 Å². The van der Waals surface area contributed by atoms with Crippen molar-refractivity contribution in [3.05, 3.63) is 46.7 Å². The summed E-state index contributed by atoms with van der Waals surface area (Å²) in [6, 6.07) is 8.04. The number of hydrogen-bond acceptors (Lipinski definition) is 5. The van der Waals surface area contributed by atoms with Crippen LogP contribution in [-0.2, 0) is 0 Å². The van der Waals surface area contributed by atoms with Crippen LogP contribution in [0, 0.1) is 18.8 Å². The second kappa shape index (κ2) is 6.42. The number of fused-ring (bicyclic) bond motifs is 2. The first-order valence-corrected chi connectivity index (χ1v) is 10.3. The van der Waals surface area contributed by atoms with Gasteiger partial charge in [-0.25, -0.2) is 9.97 Å². The molecule has 140 valence electrons. The lowest BCUT2D eigenvalue weighted by Crippen LogP contribution is -2.36. The van der Waals surface area contributed by atoms with Gasteiger partial charge in [0.25, 0.3) is 5.91 Å². The topological polar surface area (TPSA) is 71.2 Å². The number of rotatable bonds is 2. The quantitative estimate of drug-likeness (QED) is 0.740. The Bertz CT molecular complexity index is 997. The van der Waals surface area contributed by atoms with Gasteiger partial charge in [-0.15, -0.1) is 11.3 Å². The van der Waals surface area contributed by atoms with Gasteiger partial charge < -0.3 is 14.6 Å². The standard InChI is InChI=1S/C20H22N4O2S/c1-12-22-16(10-27-12)20(26)23-8-13-6-18(19(25)7-14(13)9-23)24-11-21-15-4-2-3-5-17(15)24/h2-5,10-11,13-14,18-19,25H,6-9H2,1H3/t13-,14+,18-,19-/m1/s1. The molecule has 1 aliphatic carbocycles. The molecule has 0 bridgehead atoms. The van der Waals surface area contributed by atoms with E-state index >= 15 is 0 Å². The zero-order chi connectivity index (χ0) is 18.5. The van der Waals surface area contributed by atoms with Gasteiger partial charge in [0.2, 0.25) is 0 Å². The summed E-state index contributed by atoms with van der Waals surface area (Å²) in [4.78, 5) is 23.5. The first kappa shape index (κ1) is 16.9. The third kappa shape index (κ3) is 2.85. The van der Waals surface area contributed by atoms with Crippen molar-refractivity contribution in [1.29, 1.82) is 0 Å². The van der Waals surface area contributed by atoms with E-state index in [-0.39, 0.29) is 11.9 Å². The third-order valence-corrected chi connectivity index (χ3v) is 6.85. The summed E-state index contributed by atoms with van der Waals surface area (Å²) in [5.74, 6) is 0.783. The number of likely N-dealkylation sites (tertiary alicyclic amines) is 1. The molecule has 5 rings (SSSR count). The molecule has 1 N–H and O–H groups in total. The van der Waals surface area contributed by atoms with Crippen LogP contribution in [0.2, 0.25) is 0 Å². The molecule has 4 atom stereocenters. The Morgan fingerprint density at radius 3 is 2.78 bits per heavy atom. The van der Waals surface area contributed by atoms with E-state index in [4.69, 9.17) is 0 Å². The molecule has 3 heterocycles. The molecular formula is C20H22N4O2S. The number of aliphatic hydroxyl groups excluding tert-OH is 1. The van der Waals surface area contributed by atoms with Gasteiger partial charge in [-0.3, -0.25) is 4.79 Å². The van der Waals surface area contributed by atoms with E-state index in [1.165, 1.54) is 11.3 Å². The molecule has 3 aromatic rings. The molecule has 0 spiro atoms. The number of thiazole rings is 1. The van der Waals surface area contributed by atoms with Crippen molar-refractivity contribution in [2.75, 3.05) is 13.1 Å². The normalized spacial score (nSPS) is 27.9. The van der Waals surface area contributed by atoms with Crippen molar-refractivity contribution in [3.63, 3.8) is 0 Å². The van der Waals surface area contributed by atoms with Gasteiger partial charge in [-0.1, -0.05) is 12.1 Å². The minimum atomic E-state index is -0.416. The maximum atomic E-state index is 12.8. The fourth-order valence-corrected chi connectivity index (χ4v) is 5.33. The Balaban J connectivity index is 1.37. The first-order valence-electron chi connectivity index (χ1n) is 9.41. The van der Waals surface area contributed by atoms with E-state index in [0.717, 1.165) is 35.4 Å². The van der Waals surface area contributed by atoms with E-state index in [9.17, 15) is 9.90 Å². The molecule has 1 aromatic carbocycles. The van der Waals surface area contributed by atoms with Crippen LogP contribution in [0.15, 0.2) is 36.0 Å².